The van der Waals surface area contributed by atoms with Crippen LogP contribution in [0.3, 0.4) is 0 Å². The van der Waals surface area contributed by atoms with Gasteiger partial charge in [0.25, 0.3) is 5.91 Å². The Hall–Kier alpha value is -1.75. The Morgan fingerprint density at radius 2 is 2.00 bits per heavy atom. The van der Waals surface area contributed by atoms with Crippen LogP contribution in [0.4, 0.5) is 5.69 Å². The lowest BCUT2D eigenvalue weighted by Gasteiger charge is -2.07. The van der Waals surface area contributed by atoms with Gasteiger partial charge in [0.15, 0.2) is 0 Å². The summed E-state index contributed by atoms with van der Waals surface area (Å²) in [6.07, 6.45) is 1.56. The van der Waals surface area contributed by atoms with E-state index in [1.54, 1.807) is 18.3 Å². The van der Waals surface area contributed by atoms with Crippen molar-refractivity contribution in [3.05, 3.63) is 52.0 Å². The lowest BCUT2D eigenvalue weighted by molar-refractivity contribution is 0.102. The van der Waals surface area contributed by atoms with Crippen LogP contribution in [-0.4, -0.2) is 15.9 Å². The number of halogens is 1. The molecule has 0 bridgehead atoms. The van der Waals surface area contributed by atoms with E-state index in [-0.39, 0.29) is 5.91 Å². The van der Waals surface area contributed by atoms with Crippen molar-refractivity contribution in [1.82, 2.24) is 9.97 Å². The molecule has 2 aromatic heterocycles. The van der Waals surface area contributed by atoms with Crippen LogP contribution < -0.4 is 5.32 Å². The molecule has 92 valence electrons. The Kier molecular flexibility index (Phi) is 3.72. The number of nitrogens with one attached hydrogen (secondary N) is 1. The molecule has 4 nitrogen and oxygen atoms in total. The van der Waals surface area contributed by atoms with Crippen LogP contribution in [0.2, 0.25) is 0 Å². The number of carbonyl (C=O) groups excluding carboxylic acids is 1. The van der Waals surface area contributed by atoms with Crippen LogP contribution in [0.15, 0.2) is 35.1 Å². The molecular formula is C13H12BrN3O. The van der Waals surface area contributed by atoms with Gasteiger partial charge >= 0.3 is 0 Å². The quantitative estimate of drug-likeness (QED) is 0.867. The van der Waals surface area contributed by atoms with E-state index < -0.39 is 0 Å². The van der Waals surface area contributed by atoms with Gasteiger partial charge in [0.1, 0.15) is 4.60 Å². The Balaban J connectivity index is 2.18. The molecule has 0 aliphatic rings. The highest BCUT2D eigenvalue weighted by Gasteiger charge is 2.08. The highest BCUT2D eigenvalue weighted by atomic mass is 79.9. The van der Waals surface area contributed by atoms with Gasteiger partial charge in [-0.15, -0.1) is 0 Å². The maximum atomic E-state index is 12.0. The summed E-state index contributed by atoms with van der Waals surface area (Å²) in [5.74, 6) is -0.185. The third kappa shape index (κ3) is 2.92. The van der Waals surface area contributed by atoms with Crippen molar-refractivity contribution < 1.29 is 4.79 Å². The number of hydrogen-bond acceptors (Lipinski definition) is 3. The predicted molar refractivity (Wildman–Crippen MR) is 73.6 cm³/mol. The van der Waals surface area contributed by atoms with E-state index in [9.17, 15) is 4.79 Å². The minimum Gasteiger partial charge on any atom is -0.320 e. The second-order valence-electron chi connectivity index (χ2n) is 3.91. The molecule has 2 rings (SSSR count). The van der Waals surface area contributed by atoms with Gasteiger partial charge in [-0.1, -0.05) is 0 Å². The molecule has 0 spiro atoms. The summed E-state index contributed by atoms with van der Waals surface area (Å²) in [6.45, 7) is 3.72. The minimum atomic E-state index is -0.185. The van der Waals surface area contributed by atoms with Crippen molar-refractivity contribution in [2.45, 2.75) is 13.8 Å². The molecule has 0 aliphatic carbocycles. The third-order valence-corrected chi connectivity index (χ3v) is 2.92. The largest absolute Gasteiger partial charge is 0.320 e. The summed E-state index contributed by atoms with van der Waals surface area (Å²) >= 11 is 3.28. The molecule has 18 heavy (non-hydrogen) atoms. The Morgan fingerprint density at radius 1 is 1.22 bits per heavy atom. The number of anilines is 1. The molecule has 0 saturated carbocycles. The molecule has 0 aromatic carbocycles. The normalized spacial score (nSPS) is 10.2. The summed E-state index contributed by atoms with van der Waals surface area (Å²) < 4.78 is 0.745. The highest BCUT2D eigenvalue weighted by molar-refractivity contribution is 9.10. The van der Waals surface area contributed by atoms with Crippen LogP contribution in [0.5, 0.6) is 0 Å². The number of hydrogen-bond donors (Lipinski definition) is 1. The van der Waals surface area contributed by atoms with Gasteiger partial charge in [-0.05, 0) is 54.0 Å². The van der Waals surface area contributed by atoms with Crippen molar-refractivity contribution >= 4 is 27.5 Å². The average molecular weight is 306 g/mol. The number of carbonyl (C=O) groups is 1. The maximum absolute atomic E-state index is 12.0. The summed E-state index contributed by atoms with van der Waals surface area (Å²) in [5.41, 5.74) is 2.87. The summed E-state index contributed by atoms with van der Waals surface area (Å²) in [5, 5.41) is 2.81. The van der Waals surface area contributed by atoms with Gasteiger partial charge in [0.2, 0.25) is 0 Å². The Labute approximate surface area is 114 Å². The zero-order valence-corrected chi connectivity index (χ0v) is 11.7. The number of pyridine rings is 2. The van der Waals surface area contributed by atoms with Crippen LogP contribution in [-0.2, 0) is 0 Å². The van der Waals surface area contributed by atoms with Crippen LogP contribution in [0.25, 0.3) is 0 Å². The predicted octanol–water partition coefficient (Wildman–Crippen LogP) is 3.11. The summed E-state index contributed by atoms with van der Waals surface area (Å²) in [6, 6.07) is 7.16. The molecule has 0 saturated heterocycles. The molecule has 1 N–H and O–H groups in total. The number of aryl methyl sites for hydroxylation is 2. The molecule has 5 heteroatoms. The fourth-order valence-corrected chi connectivity index (χ4v) is 1.86. The van der Waals surface area contributed by atoms with Gasteiger partial charge in [-0.3, -0.25) is 9.78 Å². The van der Waals surface area contributed by atoms with E-state index in [0.717, 1.165) is 16.0 Å². The molecule has 0 aliphatic heterocycles. The monoisotopic (exact) mass is 305 g/mol. The smallest absolute Gasteiger partial charge is 0.257 e. The first-order chi connectivity index (χ1) is 8.56. The number of rotatable bonds is 2. The summed E-state index contributed by atoms with van der Waals surface area (Å²) in [4.78, 5) is 20.3. The van der Waals surface area contributed by atoms with Gasteiger partial charge in [-0.25, -0.2) is 4.98 Å². The molecule has 2 aromatic rings. The number of aromatic nitrogens is 2. The minimum absolute atomic E-state index is 0.185. The number of nitrogens with zero attached hydrogens (tertiary/aromatic N) is 2. The van der Waals surface area contributed by atoms with E-state index in [4.69, 9.17) is 0 Å². The van der Waals surface area contributed by atoms with Gasteiger partial charge < -0.3 is 5.32 Å². The van der Waals surface area contributed by atoms with Gasteiger partial charge in [0.05, 0.1) is 16.9 Å². The van der Waals surface area contributed by atoms with Gasteiger partial charge in [0, 0.05) is 11.9 Å². The first kappa shape index (κ1) is 12.7. The molecule has 0 fully saturated rings. The molecule has 0 radical (unpaired) electrons. The first-order valence-electron chi connectivity index (χ1n) is 5.43. The molecule has 0 atom stereocenters. The standard InChI is InChI=1S/C13H12BrN3O/c1-8-3-4-10(7-15-8)13(18)17-11-5-6-12(14)16-9(11)2/h3-7H,1-2H3,(H,17,18). The van der Waals surface area contributed by atoms with Crippen LogP contribution in [0, 0.1) is 13.8 Å². The highest BCUT2D eigenvalue weighted by Crippen LogP contribution is 2.17. The first-order valence-corrected chi connectivity index (χ1v) is 6.23. The molecule has 2 heterocycles. The third-order valence-electron chi connectivity index (χ3n) is 2.47. The topological polar surface area (TPSA) is 54.9 Å². The zero-order chi connectivity index (χ0) is 13.1. The van der Waals surface area contributed by atoms with E-state index in [2.05, 4.69) is 31.2 Å². The summed E-state index contributed by atoms with van der Waals surface area (Å²) in [7, 11) is 0. The zero-order valence-electron chi connectivity index (χ0n) is 10.1. The lowest BCUT2D eigenvalue weighted by atomic mass is 10.2. The van der Waals surface area contributed by atoms with Crippen molar-refractivity contribution in [2.24, 2.45) is 0 Å². The van der Waals surface area contributed by atoms with E-state index in [1.807, 2.05) is 26.0 Å². The van der Waals surface area contributed by atoms with E-state index in [1.165, 1.54) is 0 Å². The molecular weight excluding hydrogens is 294 g/mol. The van der Waals surface area contributed by atoms with Crippen LogP contribution >= 0.6 is 15.9 Å². The lowest BCUT2D eigenvalue weighted by Crippen LogP contribution is -2.13. The SMILES string of the molecule is Cc1ccc(C(=O)Nc2ccc(Br)nc2C)cn1. The van der Waals surface area contributed by atoms with E-state index in [0.29, 0.717) is 11.3 Å². The second kappa shape index (κ2) is 5.27. The molecule has 0 unspecified atom stereocenters. The van der Waals surface area contributed by atoms with E-state index >= 15 is 0 Å². The second-order valence-corrected chi connectivity index (χ2v) is 4.72. The van der Waals surface area contributed by atoms with Gasteiger partial charge in [-0.2, -0.15) is 0 Å². The van der Waals surface area contributed by atoms with Crippen molar-refractivity contribution in [3.8, 4) is 0 Å². The Bertz CT molecular complexity index is 581. The maximum Gasteiger partial charge on any atom is 0.257 e. The van der Waals surface area contributed by atoms with Crippen LogP contribution in [0.1, 0.15) is 21.7 Å². The van der Waals surface area contributed by atoms with Crippen molar-refractivity contribution in [2.75, 3.05) is 5.32 Å². The number of amides is 1. The van der Waals surface area contributed by atoms with Crippen molar-refractivity contribution in [1.29, 1.82) is 0 Å². The fourth-order valence-electron chi connectivity index (χ4n) is 1.46. The fraction of sp³-hybridized carbons (Fsp3) is 0.154. The van der Waals surface area contributed by atoms with Crippen molar-refractivity contribution in [3.63, 3.8) is 0 Å². The average Bonchev–Trinajstić information content (AvgIpc) is 2.33. The molecule has 1 amide bonds. The Morgan fingerprint density at radius 3 is 2.61 bits per heavy atom.